The van der Waals surface area contributed by atoms with Crippen molar-refractivity contribution >= 4 is 61.1 Å². The van der Waals surface area contributed by atoms with Crippen molar-refractivity contribution in [3.05, 3.63) is 81.8 Å². The fourth-order valence-electron chi connectivity index (χ4n) is 5.45. The van der Waals surface area contributed by atoms with Crippen molar-refractivity contribution in [2.75, 3.05) is 11.5 Å². The van der Waals surface area contributed by atoms with Crippen LogP contribution in [0.2, 0.25) is 5.02 Å². The maximum absolute atomic E-state index is 13.4. The quantitative estimate of drug-likeness (QED) is 0.150. The van der Waals surface area contributed by atoms with Crippen LogP contribution in [0.3, 0.4) is 0 Å². The molecule has 5 rings (SSSR count). The molecule has 2 atom stereocenters. The van der Waals surface area contributed by atoms with Gasteiger partial charge >= 0.3 is 12.2 Å². The lowest BCUT2D eigenvalue weighted by Crippen LogP contribution is -2.48. The van der Waals surface area contributed by atoms with Gasteiger partial charge in [-0.25, -0.2) is 9.59 Å². The lowest BCUT2D eigenvalue weighted by atomic mass is 9.96. The number of carboxylic acid groups (broad SMARTS) is 2. The first-order chi connectivity index (χ1) is 21.8. The molecule has 1 saturated heterocycles. The van der Waals surface area contributed by atoms with Gasteiger partial charge in [-0.05, 0) is 94.5 Å². The van der Waals surface area contributed by atoms with Crippen LogP contribution in [0.4, 0.5) is 15.3 Å². The van der Waals surface area contributed by atoms with Crippen LogP contribution in [0.1, 0.15) is 63.6 Å². The molecule has 1 aliphatic heterocycles. The predicted molar refractivity (Wildman–Crippen MR) is 180 cm³/mol. The summed E-state index contributed by atoms with van der Waals surface area (Å²) in [6.45, 7) is 11.1. The molecule has 0 bridgehead atoms. The van der Waals surface area contributed by atoms with E-state index in [-0.39, 0.29) is 21.2 Å². The highest BCUT2D eigenvalue weighted by molar-refractivity contribution is 7.87. The first-order valence-electron chi connectivity index (χ1n) is 14.5. The minimum Gasteiger partial charge on any atom is -0.464 e. The highest BCUT2D eigenvalue weighted by Gasteiger charge is 2.43. The standard InChI is InChI=1S/C32H35ClN4O8S2/c1-30(2,3)36-47(42,43)35-26(22-16-20(10-11-23(22)33)37(28(38)39)29(40)41)25-14-18-8-7-9-21(27(18)46-25)24-15-19(12-13-34-24)32(6)17-44-31(4,5)45-32/h7-16,26,35-36H,17H2,1-6H3,(H,38,39)(H,40,41)/t26?,32-/m1/s1. The molecule has 0 spiro atoms. The van der Waals surface area contributed by atoms with Gasteiger partial charge in [0.15, 0.2) is 5.79 Å². The summed E-state index contributed by atoms with van der Waals surface area (Å²) in [6.07, 6.45) is -1.76. The van der Waals surface area contributed by atoms with Gasteiger partial charge in [0, 0.05) is 31.9 Å². The number of fused-ring (bicyclic) bond motifs is 1. The summed E-state index contributed by atoms with van der Waals surface area (Å²) < 4.78 is 44.9. The molecule has 4 N–H and O–H groups in total. The summed E-state index contributed by atoms with van der Waals surface area (Å²) in [5, 5.41) is 20.0. The Kier molecular flexibility index (Phi) is 9.18. The Morgan fingerprint density at radius 2 is 1.77 bits per heavy atom. The zero-order chi connectivity index (χ0) is 34.5. The average Bonchev–Trinajstić information content (AvgIpc) is 3.51. The van der Waals surface area contributed by atoms with Crippen molar-refractivity contribution in [1.82, 2.24) is 14.4 Å². The molecule has 1 unspecified atom stereocenters. The topological polar surface area (TPSA) is 167 Å². The number of aromatic nitrogens is 1. The molecule has 2 amide bonds. The number of pyridine rings is 1. The van der Waals surface area contributed by atoms with Crippen LogP contribution in [0.5, 0.6) is 0 Å². The summed E-state index contributed by atoms with van der Waals surface area (Å²) in [4.78, 5) is 28.8. The number of ether oxygens (including phenoxy) is 2. The minimum absolute atomic E-state index is 0.0925. The summed E-state index contributed by atoms with van der Waals surface area (Å²) in [6, 6.07) is 14.0. The van der Waals surface area contributed by atoms with Crippen molar-refractivity contribution in [2.24, 2.45) is 0 Å². The fourth-order valence-corrected chi connectivity index (χ4v) is 8.43. The summed E-state index contributed by atoms with van der Waals surface area (Å²) in [5.74, 6) is -0.740. The van der Waals surface area contributed by atoms with Gasteiger partial charge in [0.25, 0.3) is 10.2 Å². The number of hydrogen-bond acceptors (Lipinski definition) is 8. The molecule has 1 fully saturated rings. The van der Waals surface area contributed by atoms with E-state index in [4.69, 9.17) is 21.1 Å². The smallest absolute Gasteiger partial charge is 0.421 e. The summed E-state index contributed by atoms with van der Waals surface area (Å²) in [7, 11) is -4.18. The number of halogens is 1. The van der Waals surface area contributed by atoms with Crippen LogP contribution in [-0.2, 0) is 25.3 Å². The second-order valence-corrected chi connectivity index (χ2v) is 15.8. The fraction of sp³-hybridized carbons (Fsp3) is 0.344. The van der Waals surface area contributed by atoms with Crippen molar-refractivity contribution in [1.29, 1.82) is 0 Å². The largest absolute Gasteiger partial charge is 0.464 e. The number of imide groups is 1. The van der Waals surface area contributed by atoms with Crippen molar-refractivity contribution < 1.29 is 37.7 Å². The Bertz CT molecular complexity index is 1960. The maximum atomic E-state index is 13.4. The number of carbonyl (C=O) groups is 2. The van der Waals surface area contributed by atoms with E-state index in [1.165, 1.54) is 29.5 Å². The van der Waals surface area contributed by atoms with Crippen LogP contribution in [0.15, 0.2) is 60.8 Å². The minimum atomic E-state index is -4.18. The van der Waals surface area contributed by atoms with Gasteiger partial charge < -0.3 is 19.7 Å². The van der Waals surface area contributed by atoms with Crippen LogP contribution in [0, 0.1) is 0 Å². The molecule has 2 aromatic heterocycles. The number of nitrogens with one attached hydrogen (secondary N) is 2. The first kappa shape index (κ1) is 34.7. The second-order valence-electron chi connectivity index (χ2n) is 12.8. The van der Waals surface area contributed by atoms with Crippen molar-refractivity contribution in [3.63, 3.8) is 0 Å². The van der Waals surface area contributed by atoms with Gasteiger partial charge in [-0.3, -0.25) is 4.98 Å². The first-order valence-corrected chi connectivity index (χ1v) is 17.2. The Labute approximate surface area is 281 Å². The monoisotopic (exact) mass is 702 g/mol. The molecule has 0 saturated carbocycles. The Balaban J connectivity index is 1.65. The van der Waals surface area contributed by atoms with E-state index in [9.17, 15) is 28.2 Å². The van der Waals surface area contributed by atoms with Crippen LogP contribution in [-0.4, -0.2) is 53.7 Å². The number of thiophene rings is 1. The summed E-state index contributed by atoms with van der Waals surface area (Å²) >= 11 is 7.91. The highest BCUT2D eigenvalue weighted by atomic mass is 35.5. The molecular formula is C32H35ClN4O8S2. The van der Waals surface area contributed by atoms with Gasteiger partial charge in [-0.15, -0.1) is 11.3 Å². The van der Waals surface area contributed by atoms with Gasteiger partial charge in [0.2, 0.25) is 0 Å². The molecule has 250 valence electrons. The van der Waals surface area contributed by atoms with Gasteiger partial charge in [-0.2, -0.15) is 22.8 Å². The number of anilines is 1. The predicted octanol–water partition coefficient (Wildman–Crippen LogP) is 7.09. The molecule has 0 aliphatic carbocycles. The third-order valence-electron chi connectivity index (χ3n) is 7.31. The number of amides is 2. The van der Waals surface area contributed by atoms with Crippen LogP contribution < -0.4 is 14.3 Å². The number of rotatable bonds is 8. The van der Waals surface area contributed by atoms with E-state index in [0.717, 1.165) is 21.2 Å². The molecule has 3 heterocycles. The van der Waals surface area contributed by atoms with Gasteiger partial charge in [-0.1, -0.05) is 29.8 Å². The van der Waals surface area contributed by atoms with E-state index in [1.807, 2.05) is 57.2 Å². The lowest BCUT2D eigenvalue weighted by Gasteiger charge is -2.25. The molecule has 4 aromatic rings. The van der Waals surface area contributed by atoms with Gasteiger partial charge in [0.1, 0.15) is 5.60 Å². The molecule has 0 radical (unpaired) electrons. The molecule has 15 heteroatoms. The molecule has 2 aromatic carbocycles. The van der Waals surface area contributed by atoms with Crippen LogP contribution in [0.25, 0.3) is 21.3 Å². The second kappa shape index (κ2) is 12.4. The van der Waals surface area contributed by atoms with Crippen molar-refractivity contribution in [3.8, 4) is 11.3 Å². The van der Waals surface area contributed by atoms with E-state index >= 15 is 0 Å². The van der Waals surface area contributed by atoms with E-state index in [0.29, 0.717) is 17.2 Å². The maximum Gasteiger partial charge on any atom is 0.421 e. The normalized spacial score (nSPS) is 18.7. The highest BCUT2D eigenvalue weighted by Crippen LogP contribution is 2.43. The number of benzene rings is 2. The molecule has 1 aliphatic rings. The molecular weight excluding hydrogens is 668 g/mol. The Morgan fingerprint density at radius 3 is 2.38 bits per heavy atom. The molecule has 47 heavy (non-hydrogen) atoms. The number of hydrogen-bond donors (Lipinski definition) is 4. The van der Waals surface area contributed by atoms with Crippen molar-refractivity contribution in [2.45, 2.75) is 64.5 Å². The van der Waals surface area contributed by atoms with Gasteiger partial charge in [0.05, 0.1) is 24.0 Å². The third kappa shape index (κ3) is 7.59. The Morgan fingerprint density at radius 1 is 1.06 bits per heavy atom. The van der Waals surface area contributed by atoms with E-state index < -0.39 is 45.4 Å². The number of nitrogens with zero attached hydrogens (tertiary/aromatic N) is 2. The van der Waals surface area contributed by atoms with E-state index in [1.54, 1.807) is 27.0 Å². The Hall–Kier alpha value is -3.63. The SMILES string of the molecule is CC(C)(C)NS(=O)(=O)NC(c1cc2cccc(-c3cc([C@@]4(C)COC(C)(C)O4)ccn3)c2s1)c1cc(N(C(=O)O)C(=O)O)ccc1Cl. The van der Waals surface area contributed by atoms with E-state index in [2.05, 4.69) is 14.4 Å². The third-order valence-corrected chi connectivity index (χ3v) is 10.3. The summed E-state index contributed by atoms with van der Waals surface area (Å²) in [5.41, 5.74) is 0.732. The lowest BCUT2D eigenvalue weighted by molar-refractivity contribution is -0.159. The zero-order valence-corrected chi connectivity index (χ0v) is 28.9. The van der Waals surface area contributed by atoms with Crippen LogP contribution >= 0.6 is 22.9 Å². The zero-order valence-electron chi connectivity index (χ0n) is 26.5. The average molecular weight is 703 g/mol. The molecule has 12 nitrogen and oxygen atoms in total.